The number of allylic oxidation sites excluding steroid dienone is 1. The van der Waals surface area contributed by atoms with E-state index in [0.717, 1.165) is 38.7 Å². The first kappa shape index (κ1) is 26.8. The van der Waals surface area contributed by atoms with E-state index in [4.69, 9.17) is 25.7 Å². The molecule has 1 aromatic rings. The molecule has 6 heteroatoms. The first-order valence-electron chi connectivity index (χ1n) is 15.9. The molecule has 0 unspecified atom stereocenters. The van der Waals surface area contributed by atoms with E-state index < -0.39 is 0 Å². The average Bonchev–Trinajstić information content (AvgIpc) is 3.35. The highest BCUT2D eigenvalue weighted by Gasteiger charge is 2.68. The molecule has 6 aliphatic rings. The van der Waals surface area contributed by atoms with E-state index in [2.05, 4.69) is 33.8 Å². The minimum atomic E-state index is -0.342. The lowest BCUT2D eigenvalue weighted by Crippen LogP contribution is -2.52. The molecule has 218 valence electrons. The summed E-state index contributed by atoms with van der Waals surface area (Å²) in [5.74, 6) is 3.16. The van der Waals surface area contributed by atoms with Gasteiger partial charge in [0.1, 0.15) is 6.10 Å². The molecule has 1 aromatic carbocycles. The summed E-state index contributed by atoms with van der Waals surface area (Å²) in [5, 5.41) is 0. The summed E-state index contributed by atoms with van der Waals surface area (Å²) in [6.07, 6.45) is 12.8. The Bertz CT molecular complexity index is 1200. The fourth-order valence-electron chi connectivity index (χ4n) is 10.8. The van der Waals surface area contributed by atoms with Crippen LogP contribution in [0.4, 0.5) is 11.4 Å². The van der Waals surface area contributed by atoms with Crippen molar-refractivity contribution in [1.29, 1.82) is 0 Å². The summed E-state index contributed by atoms with van der Waals surface area (Å²) in [5.41, 5.74) is 15.3. The minimum absolute atomic E-state index is 0.0885. The quantitative estimate of drug-likeness (QED) is 0.241. The van der Waals surface area contributed by atoms with E-state index in [0.29, 0.717) is 64.0 Å². The molecule has 0 aromatic heterocycles. The molecule has 0 bridgehead atoms. The lowest BCUT2D eigenvalue weighted by molar-refractivity contribution is -0.272. The Morgan fingerprint density at radius 2 is 1.77 bits per heavy atom. The van der Waals surface area contributed by atoms with Gasteiger partial charge in [0.15, 0.2) is 5.79 Å². The summed E-state index contributed by atoms with van der Waals surface area (Å²) in [4.78, 5) is 12.9. The smallest absolute Gasteiger partial charge is 0.338 e. The van der Waals surface area contributed by atoms with Crippen molar-refractivity contribution < 1.29 is 19.0 Å². The lowest BCUT2D eigenvalue weighted by Gasteiger charge is -2.58. The zero-order chi connectivity index (χ0) is 28.0. The van der Waals surface area contributed by atoms with E-state index in [9.17, 15) is 4.79 Å². The number of nitrogens with two attached hydrogens (primary N) is 2. The second-order valence-electron chi connectivity index (χ2n) is 14.9. The SMILES string of the molecule is C[C@H]1CC[C@@]2(OC1)O[C@H]1C[C@H]3[C@@H]4CC=C5C[C@@H](OC(=O)c6cc(N)cc(N)c6)CC[C@]5(C)[C@H]4CC[C@]3(C)[C@H]1[C@@H]2C. The van der Waals surface area contributed by atoms with Gasteiger partial charge in [-0.3, -0.25) is 0 Å². The largest absolute Gasteiger partial charge is 0.458 e. The highest BCUT2D eigenvalue weighted by Crippen LogP contribution is 2.70. The minimum Gasteiger partial charge on any atom is -0.458 e. The summed E-state index contributed by atoms with van der Waals surface area (Å²) >= 11 is 0. The number of fused-ring (bicyclic) bond motifs is 7. The van der Waals surface area contributed by atoms with Crippen LogP contribution in [0.1, 0.15) is 95.8 Å². The van der Waals surface area contributed by atoms with Gasteiger partial charge < -0.3 is 25.7 Å². The van der Waals surface area contributed by atoms with E-state index in [1.807, 2.05) is 0 Å². The van der Waals surface area contributed by atoms with Crippen molar-refractivity contribution in [2.24, 2.45) is 46.3 Å². The van der Waals surface area contributed by atoms with Crippen LogP contribution in [0.15, 0.2) is 29.8 Å². The molecule has 11 atom stereocenters. The van der Waals surface area contributed by atoms with Crippen molar-refractivity contribution in [3.8, 4) is 0 Å². The van der Waals surface area contributed by atoms with Gasteiger partial charge in [-0.25, -0.2) is 4.79 Å². The molecule has 2 saturated heterocycles. The van der Waals surface area contributed by atoms with Gasteiger partial charge in [0.05, 0.1) is 18.3 Å². The second kappa shape index (κ2) is 9.22. The molecule has 6 nitrogen and oxygen atoms in total. The molecular weight excluding hydrogens is 500 g/mol. The third kappa shape index (κ3) is 3.91. The summed E-state index contributed by atoms with van der Waals surface area (Å²) in [6.45, 7) is 10.7. The van der Waals surface area contributed by atoms with Gasteiger partial charge in [0.25, 0.3) is 0 Å². The van der Waals surface area contributed by atoms with Crippen LogP contribution in [-0.2, 0) is 14.2 Å². The van der Waals surface area contributed by atoms with Gasteiger partial charge in [-0.2, -0.15) is 0 Å². The predicted octanol–water partition coefficient (Wildman–Crippen LogP) is 6.74. The number of anilines is 2. The second-order valence-corrected chi connectivity index (χ2v) is 14.9. The van der Waals surface area contributed by atoms with Crippen LogP contribution in [-0.4, -0.2) is 30.6 Å². The maximum Gasteiger partial charge on any atom is 0.338 e. The monoisotopic (exact) mass is 548 g/mol. The maximum absolute atomic E-state index is 12.9. The highest BCUT2D eigenvalue weighted by atomic mass is 16.7. The van der Waals surface area contributed by atoms with Crippen molar-refractivity contribution in [3.05, 3.63) is 35.4 Å². The normalized spacial score (nSPS) is 47.5. The van der Waals surface area contributed by atoms with Crippen molar-refractivity contribution >= 4 is 17.3 Å². The zero-order valence-corrected chi connectivity index (χ0v) is 24.8. The van der Waals surface area contributed by atoms with Gasteiger partial charge in [-0.1, -0.05) is 39.3 Å². The Kier molecular flexibility index (Phi) is 6.19. The summed E-state index contributed by atoms with van der Waals surface area (Å²) < 4.78 is 19.5. The molecule has 1 spiro atoms. The van der Waals surface area contributed by atoms with Gasteiger partial charge >= 0.3 is 5.97 Å². The number of carbonyl (C=O) groups excluding carboxylic acids is 1. The van der Waals surface area contributed by atoms with Gasteiger partial charge in [-0.15, -0.1) is 0 Å². The van der Waals surface area contributed by atoms with Crippen LogP contribution in [0.25, 0.3) is 0 Å². The van der Waals surface area contributed by atoms with Crippen LogP contribution in [0.2, 0.25) is 0 Å². The first-order valence-corrected chi connectivity index (χ1v) is 15.9. The Morgan fingerprint density at radius 1 is 1.00 bits per heavy atom. The predicted molar refractivity (Wildman–Crippen MR) is 156 cm³/mol. The zero-order valence-electron chi connectivity index (χ0n) is 24.8. The van der Waals surface area contributed by atoms with Crippen LogP contribution in [0.5, 0.6) is 0 Å². The molecule has 4 N–H and O–H groups in total. The Morgan fingerprint density at radius 3 is 2.50 bits per heavy atom. The van der Waals surface area contributed by atoms with Crippen LogP contribution in [0.3, 0.4) is 0 Å². The fraction of sp³-hybridized carbons (Fsp3) is 0.735. The molecule has 3 saturated carbocycles. The van der Waals surface area contributed by atoms with E-state index in [1.54, 1.807) is 18.2 Å². The van der Waals surface area contributed by atoms with Gasteiger partial charge in [0, 0.05) is 30.1 Å². The average molecular weight is 549 g/mol. The first-order chi connectivity index (χ1) is 19.0. The molecule has 4 aliphatic carbocycles. The molecule has 7 rings (SSSR count). The maximum atomic E-state index is 12.9. The number of rotatable bonds is 2. The lowest BCUT2D eigenvalue weighted by atomic mass is 9.47. The number of benzene rings is 1. The molecule has 5 fully saturated rings. The van der Waals surface area contributed by atoms with Gasteiger partial charge in [0.2, 0.25) is 0 Å². The molecule has 0 radical (unpaired) electrons. The molecule has 2 heterocycles. The van der Waals surface area contributed by atoms with Crippen LogP contribution < -0.4 is 11.5 Å². The molecular formula is C34H48N2O4. The Labute approximate surface area is 239 Å². The highest BCUT2D eigenvalue weighted by molar-refractivity contribution is 5.91. The number of nitrogen functional groups attached to an aromatic ring is 2. The van der Waals surface area contributed by atoms with Crippen molar-refractivity contribution in [3.63, 3.8) is 0 Å². The molecule has 40 heavy (non-hydrogen) atoms. The number of carbonyl (C=O) groups is 1. The molecule has 0 amide bonds. The summed E-state index contributed by atoms with van der Waals surface area (Å²) in [7, 11) is 0. The summed E-state index contributed by atoms with van der Waals surface area (Å²) in [6, 6.07) is 4.96. The van der Waals surface area contributed by atoms with Crippen molar-refractivity contribution in [2.75, 3.05) is 18.1 Å². The van der Waals surface area contributed by atoms with Crippen molar-refractivity contribution in [1.82, 2.24) is 0 Å². The van der Waals surface area contributed by atoms with E-state index >= 15 is 0 Å². The standard InChI is InChI=1S/C34H48N2O4/c1-19-7-12-34(38-18-19)20(2)30-29(40-34)17-28-26-6-5-22-15-25(39-31(37)21-13-23(35)16-24(36)14-21)8-10-32(22,3)27(26)9-11-33(28,30)4/h5,13-14,16,19-20,25-30H,6-12,15,17-18,35-36H2,1-4H3/t19-,20-,25-,26+,27-,28-,29-,30-,32-,33-,34+/m0/s1. The number of hydrogen-bond acceptors (Lipinski definition) is 6. The van der Waals surface area contributed by atoms with Crippen LogP contribution in [0, 0.1) is 46.3 Å². The topological polar surface area (TPSA) is 96.8 Å². The van der Waals surface area contributed by atoms with E-state index in [1.165, 1.54) is 31.3 Å². The number of hydrogen-bond donors (Lipinski definition) is 2. The number of esters is 1. The number of ether oxygens (including phenoxy) is 3. The van der Waals surface area contributed by atoms with Gasteiger partial charge in [-0.05, 0) is 104 Å². The Balaban J connectivity index is 1.07. The Hall–Kier alpha value is -2.05. The third-order valence-corrected chi connectivity index (χ3v) is 12.8. The van der Waals surface area contributed by atoms with Crippen LogP contribution >= 0.6 is 0 Å². The third-order valence-electron chi connectivity index (χ3n) is 12.8. The van der Waals surface area contributed by atoms with Crippen molar-refractivity contribution in [2.45, 2.75) is 103 Å². The molecule has 2 aliphatic heterocycles. The van der Waals surface area contributed by atoms with E-state index in [-0.39, 0.29) is 23.3 Å². The fourth-order valence-corrected chi connectivity index (χ4v) is 10.8.